The van der Waals surface area contributed by atoms with E-state index in [1.54, 1.807) is 24.3 Å². The number of hydrogen-bond acceptors (Lipinski definition) is 4. The van der Waals surface area contributed by atoms with Crippen LogP contribution in [0.1, 0.15) is 0 Å². The minimum absolute atomic E-state index is 0.0820. The van der Waals surface area contributed by atoms with Gasteiger partial charge in [-0.15, -0.1) is 0 Å². The molecule has 0 unspecified atom stereocenters. The zero-order valence-electron chi connectivity index (χ0n) is 14.7. The van der Waals surface area contributed by atoms with E-state index in [-0.39, 0.29) is 10.9 Å². The van der Waals surface area contributed by atoms with Crippen LogP contribution in [0.25, 0.3) is 44.6 Å². The Morgan fingerprint density at radius 1 is 0.500 bits per heavy atom. The van der Waals surface area contributed by atoms with Crippen molar-refractivity contribution in [2.24, 2.45) is 0 Å². The van der Waals surface area contributed by atoms with Crippen molar-refractivity contribution < 1.29 is 8.83 Å². The molecule has 0 saturated heterocycles. The van der Waals surface area contributed by atoms with Crippen molar-refractivity contribution in [2.45, 2.75) is 0 Å². The predicted molar refractivity (Wildman–Crippen MR) is 109 cm³/mol. The number of fused-ring (bicyclic) bond motifs is 2. The molecular weight excluding hydrogens is 352 g/mol. The molecular formula is C24H14O4. The molecule has 0 atom stereocenters. The van der Waals surface area contributed by atoms with Crippen molar-refractivity contribution in [3.8, 4) is 22.6 Å². The molecule has 0 N–H and O–H groups in total. The summed E-state index contributed by atoms with van der Waals surface area (Å²) >= 11 is 0. The molecule has 5 rings (SSSR count). The summed E-state index contributed by atoms with van der Waals surface area (Å²) in [6, 6.07) is 24.7. The highest BCUT2D eigenvalue weighted by Gasteiger charge is 2.09. The molecule has 0 spiro atoms. The molecule has 0 radical (unpaired) electrons. The Balaban J connectivity index is 1.58. The van der Waals surface area contributed by atoms with Crippen molar-refractivity contribution in [3.05, 3.63) is 105 Å². The summed E-state index contributed by atoms with van der Waals surface area (Å²) < 4.78 is 11.8. The number of benzene rings is 3. The lowest BCUT2D eigenvalue weighted by Gasteiger charge is -2.06. The maximum atomic E-state index is 12.3. The Morgan fingerprint density at radius 3 is 1.32 bits per heavy atom. The second-order valence-corrected chi connectivity index (χ2v) is 6.52. The molecule has 0 fully saturated rings. The summed E-state index contributed by atoms with van der Waals surface area (Å²) in [5.41, 5.74) is 2.48. The molecule has 0 amide bonds. The second-order valence-electron chi connectivity index (χ2n) is 6.52. The normalized spacial score (nSPS) is 11.1. The molecule has 0 bridgehead atoms. The molecule has 0 aliphatic carbocycles. The standard InChI is InChI=1S/C24H14O4/c25-19-13-23(27-21-7-3-1-5-17(19)21)15-9-11-16(12-10-15)24-14-20(26)18-6-2-4-8-22(18)28-24/h1-14H. The van der Waals surface area contributed by atoms with Crippen LogP contribution in [-0.4, -0.2) is 0 Å². The summed E-state index contributed by atoms with van der Waals surface area (Å²) in [6.45, 7) is 0. The number of hydrogen-bond donors (Lipinski definition) is 0. The lowest BCUT2D eigenvalue weighted by atomic mass is 10.1. The van der Waals surface area contributed by atoms with Gasteiger partial charge >= 0.3 is 0 Å². The highest BCUT2D eigenvalue weighted by Crippen LogP contribution is 2.27. The summed E-state index contributed by atoms with van der Waals surface area (Å²) in [6.07, 6.45) is 0. The summed E-state index contributed by atoms with van der Waals surface area (Å²) in [5, 5.41) is 1.11. The SMILES string of the molecule is O=c1cc(-c2ccc(-c3cc(=O)c4ccccc4o3)cc2)oc2ccccc12. The van der Waals surface area contributed by atoms with Gasteiger partial charge in [0.2, 0.25) is 0 Å². The van der Waals surface area contributed by atoms with E-state index in [0.717, 1.165) is 11.1 Å². The summed E-state index contributed by atoms with van der Waals surface area (Å²) in [4.78, 5) is 24.6. The Labute approximate surface area is 159 Å². The summed E-state index contributed by atoms with van der Waals surface area (Å²) in [7, 11) is 0. The van der Waals surface area contributed by atoms with Gasteiger partial charge in [-0.2, -0.15) is 0 Å². The van der Waals surface area contributed by atoms with Gasteiger partial charge in [0.15, 0.2) is 10.9 Å². The van der Waals surface area contributed by atoms with Gasteiger partial charge in [-0.3, -0.25) is 9.59 Å². The molecule has 3 aromatic carbocycles. The molecule has 4 nitrogen and oxygen atoms in total. The molecule has 5 aromatic rings. The van der Waals surface area contributed by atoms with Gasteiger partial charge in [0.05, 0.1) is 10.8 Å². The fourth-order valence-corrected chi connectivity index (χ4v) is 3.29. The number of rotatable bonds is 2. The third-order valence-electron chi connectivity index (χ3n) is 4.72. The maximum Gasteiger partial charge on any atom is 0.193 e. The van der Waals surface area contributed by atoms with E-state index in [0.29, 0.717) is 33.5 Å². The van der Waals surface area contributed by atoms with Crippen LogP contribution in [0, 0.1) is 0 Å². The van der Waals surface area contributed by atoms with Crippen LogP contribution in [0.2, 0.25) is 0 Å². The largest absolute Gasteiger partial charge is 0.456 e. The van der Waals surface area contributed by atoms with Gasteiger partial charge < -0.3 is 8.83 Å². The first-order valence-corrected chi connectivity index (χ1v) is 8.86. The van der Waals surface area contributed by atoms with E-state index in [9.17, 15) is 9.59 Å². The Hall–Kier alpha value is -3.92. The Morgan fingerprint density at radius 2 is 0.893 bits per heavy atom. The van der Waals surface area contributed by atoms with E-state index >= 15 is 0 Å². The van der Waals surface area contributed by atoms with Crippen molar-refractivity contribution in [2.75, 3.05) is 0 Å². The van der Waals surface area contributed by atoms with Crippen molar-refractivity contribution >= 4 is 21.9 Å². The van der Waals surface area contributed by atoms with E-state index in [4.69, 9.17) is 8.83 Å². The van der Waals surface area contributed by atoms with E-state index < -0.39 is 0 Å². The van der Waals surface area contributed by atoms with Crippen LogP contribution < -0.4 is 10.9 Å². The van der Waals surface area contributed by atoms with Crippen LogP contribution >= 0.6 is 0 Å². The first-order valence-electron chi connectivity index (χ1n) is 8.86. The smallest absolute Gasteiger partial charge is 0.193 e. The fraction of sp³-hybridized carbons (Fsp3) is 0. The molecule has 2 aromatic heterocycles. The zero-order chi connectivity index (χ0) is 19.1. The van der Waals surface area contributed by atoms with E-state index in [2.05, 4.69) is 0 Å². The van der Waals surface area contributed by atoms with Crippen molar-refractivity contribution in [3.63, 3.8) is 0 Å². The highest BCUT2D eigenvalue weighted by molar-refractivity contribution is 5.80. The fourth-order valence-electron chi connectivity index (χ4n) is 3.29. The molecule has 0 saturated carbocycles. The molecule has 0 aliphatic rings. The minimum atomic E-state index is -0.0820. The maximum absolute atomic E-state index is 12.3. The van der Waals surface area contributed by atoms with Crippen LogP contribution in [0.15, 0.2) is 103 Å². The Bertz CT molecular complexity index is 1330. The molecule has 4 heteroatoms. The van der Waals surface area contributed by atoms with E-state index in [1.165, 1.54) is 12.1 Å². The lowest BCUT2D eigenvalue weighted by Crippen LogP contribution is -2.00. The third kappa shape index (κ3) is 2.72. The zero-order valence-corrected chi connectivity index (χ0v) is 14.7. The second kappa shape index (κ2) is 6.35. The molecule has 134 valence electrons. The van der Waals surface area contributed by atoms with Crippen molar-refractivity contribution in [1.82, 2.24) is 0 Å². The van der Waals surface area contributed by atoms with Crippen LogP contribution in [0.3, 0.4) is 0 Å². The van der Waals surface area contributed by atoms with Gasteiger partial charge in [-0.25, -0.2) is 0 Å². The van der Waals surface area contributed by atoms with E-state index in [1.807, 2.05) is 48.5 Å². The first-order chi connectivity index (χ1) is 13.7. The Kier molecular flexibility index (Phi) is 3.69. The molecule has 2 heterocycles. The van der Waals surface area contributed by atoms with Gasteiger partial charge in [-0.05, 0) is 24.3 Å². The topological polar surface area (TPSA) is 60.4 Å². The van der Waals surface area contributed by atoms with Crippen LogP contribution in [0.4, 0.5) is 0 Å². The van der Waals surface area contributed by atoms with Crippen molar-refractivity contribution in [1.29, 1.82) is 0 Å². The van der Waals surface area contributed by atoms with Gasteiger partial charge in [0.1, 0.15) is 22.7 Å². The van der Waals surface area contributed by atoms with Crippen LogP contribution in [-0.2, 0) is 0 Å². The highest BCUT2D eigenvalue weighted by atomic mass is 16.3. The molecule has 0 aliphatic heterocycles. The van der Waals surface area contributed by atoms with Gasteiger partial charge in [0.25, 0.3) is 0 Å². The third-order valence-corrected chi connectivity index (χ3v) is 4.72. The number of para-hydroxylation sites is 2. The van der Waals surface area contributed by atoms with Crippen LogP contribution in [0.5, 0.6) is 0 Å². The average Bonchev–Trinajstić information content (AvgIpc) is 2.74. The predicted octanol–water partition coefficient (Wildman–Crippen LogP) is 5.23. The minimum Gasteiger partial charge on any atom is -0.456 e. The molecule has 28 heavy (non-hydrogen) atoms. The van der Waals surface area contributed by atoms with Gasteiger partial charge in [-0.1, -0.05) is 48.5 Å². The first kappa shape index (κ1) is 16.3. The lowest BCUT2D eigenvalue weighted by molar-refractivity contribution is 0.617. The van der Waals surface area contributed by atoms with Gasteiger partial charge in [0, 0.05) is 23.3 Å². The quantitative estimate of drug-likeness (QED) is 0.429. The summed E-state index contributed by atoms with van der Waals surface area (Å²) in [5.74, 6) is 0.991. The monoisotopic (exact) mass is 366 g/mol. The average molecular weight is 366 g/mol.